The van der Waals surface area contributed by atoms with Gasteiger partial charge in [0.15, 0.2) is 0 Å². The van der Waals surface area contributed by atoms with E-state index in [9.17, 15) is 0 Å². The summed E-state index contributed by atoms with van der Waals surface area (Å²) < 4.78 is 8.81. The first-order chi connectivity index (χ1) is 8.88. The van der Waals surface area contributed by atoms with E-state index in [4.69, 9.17) is 4.74 Å². The van der Waals surface area contributed by atoms with Crippen molar-refractivity contribution in [1.82, 2.24) is 9.78 Å². The molecule has 2 rings (SSSR count). The summed E-state index contributed by atoms with van der Waals surface area (Å²) in [6.07, 6.45) is 1.91. The average Bonchev–Trinajstić information content (AvgIpc) is 2.72. The summed E-state index contributed by atoms with van der Waals surface area (Å²) in [5.41, 5.74) is 2.36. The fourth-order valence-corrected chi connectivity index (χ4v) is 3.00. The molecular weight excluding hydrogens is 320 g/mol. The summed E-state index contributed by atoms with van der Waals surface area (Å²) in [6.45, 7) is 10.5. The van der Waals surface area contributed by atoms with Gasteiger partial charge in [-0.05, 0) is 30.7 Å². The van der Waals surface area contributed by atoms with Gasteiger partial charge in [0.2, 0.25) is 0 Å². The first-order valence-corrected chi connectivity index (χ1v) is 11.1. The molecule has 19 heavy (non-hydrogen) atoms. The summed E-state index contributed by atoms with van der Waals surface area (Å²) in [7, 11) is -1.01. The third-order valence-electron chi connectivity index (χ3n) is 3.24. The van der Waals surface area contributed by atoms with E-state index in [0.29, 0.717) is 6.73 Å². The van der Waals surface area contributed by atoms with Crippen molar-refractivity contribution in [2.75, 3.05) is 6.61 Å². The maximum absolute atomic E-state index is 5.76. The third kappa shape index (κ3) is 3.67. The normalized spacial score (nSPS) is 12.3. The highest BCUT2D eigenvalue weighted by Crippen LogP contribution is 2.25. The maximum atomic E-state index is 5.76. The lowest BCUT2D eigenvalue weighted by Crippen LogP contribution is -2.22. The van der Waals surface area contributed by atoms with Crippen LogP contribution in [0.4, 0.5) is 0 Å². The number of nitrogens with zero attached hydrogens (tertiary/aromatic N) is 2. The Morgan fingerprint density at radius 3 is 2.74 bits per heavy atom. The predicted octanol–water partition coefficient (Wildman–Crippen LogP) is 4.42. The first-order valence-electron chi connectivity index (χ1n) is 6.57. The molecule has 1 aromatic heterocycles. The van der Waals surface area contributed by atoms with Gasteiger partial charge in [0.05, 0.1) is 11.7 Å². The maximum Gasteiger partial charge on any atom is 0.139 e. The van der Waals surface area contributed by atoms with E-state index < -0.39 is 8.07 Å². The molecule has 3 nitrogen and oxygen atoms in total. The second-order valence-electron chi connectivity index (χ2n) is 6.10. The lowest BCUT2D eigenvalue weighted by atomic mass is 10.1. The van der Waals surface area contributed by atoms with Crippen molar-refractivity contribution < 1.29 is 4.74 Å². The van der Waals surface area contributed by atoms with Crippen LogP contribution in [0.1, 0.15) is 5.56 Å². The molecular formula is C14H21BrN2OSi. The Hall–Kier alpha value is -0.653. The van der Waals surface area contributed by atoms with Gasteiger partial charge in [-0.3, -0.25) is 0 Å². The van der Waals surface area contributed by atoms with Gasteiger partial charge in [-0.2, -0.15) is 5.10 Å². The zero-order valence-corrected chi connectivity index (χ0v) is 14.6. The van der Waals surface area contributed by atoms with Crippen LogP contribution < -0.4 is 0 Å². The van der Waals surface area contributed by atoms with Crippen LogP contribution in [0.25, 0.3) is 10.9 Å². The second-order valence-corrected chi connectivity index (χ2v) is 12.6. The van der Waals surface area contributed by atoms with Gasteiger partial charge in [0.25, 0.3) is 0 Å². The molecule has 0 saturated carbocycles. The second kappa shape index (κ2) is 5.77. The zero-order valence-electron chi connectivity index (χ0n) is 12.0. The summed E-state index contributed by atoms with van der Waals surface area (Å²) >= 11 is 3.55. The topological polar surface area (TPSA) is 27.1 Å². The quantitative estimate of drug-likeness (QED) is 0.595. The predicted molar refractivity (Wildman–Crippen MR) is 86.3 cm³/mol. The number of hydrogen-bond acceptors (Lipinski definition) is 2. The van der Waals surface area contributed by atoms with E-state index in [0.717, 1.165) is 16.6 Å². The standard InChI is InChI=1S/C14H21BrN2OSi/c1-11-12-9-16-17(14(12)6-5-13(11)15)10-18-7-8-19(2,3)4/h5-6,9H,7-8,10H2,1-4H3. The van der Waals surface area contributed by atoms with Crippen molar-refractivity contribution in [3.05, 3.63) is 28.4 Å². The smallest absolute Gasteiger partial charge is 0.139 e. The minimum Gasteiger partial charge on any atom is -0.360 e. The largest absolute Gasteiger partial charge is 0.360 e. The lowest BCUT2D eigenvalue weighted by molar-refractivity contribution is 0.0817. The number of fused-ring (bicyclic) bond motifs is 1. The molecule has 0 N–H and O–H groups in total. The number of aryl methyl sites for hydroxylation is 1. The molecule has 0 bridgehead atoms. The molecule has 0 radical (unpaired) electrons. The highest BCUT2D eigenvalue weighted by molar-refractivity contribution is 9.10. The third-order valence-corrected chi connectivity index (χ3v) is 5.80. The van der Waals surface area contributed by atoms with Gasteiger partial charge in [0, 0.05) is 24.5 Å². The molecule has 0 atom stereocenters. The van der Waals surface area contributed by atoms with E-state index in [1.165, 1.54) is 17.0 Å². The molecule has 5 heteroatoms. The molecule has 0 aliphatic heterocycles. The van der Waals surface area contributed by atoms with Crippen molar-refractivity contribution in [3.8, 4) is 0 Å². The minimum absolute atomic E-state index is 0.537. The Balaban J connectivity index is 2.04. The lowest BCUT2D eigenvalue weighted by Gasteiger charge is -2.15. The van der Waals surface area contributed by atoms with Crippen molar-refractivity contribution in [2.24, 2.45) is 0 Å². The van der Waals surface area contributed by atoms with Gasteiger partial charge < -0.3 is 4.74 Å². The number of aromatic nitrogens is 2. The van der Waals surface area contributed by atoms with E-state index in [2.05, 4.69) is 59.7 Å². The van der Waals surface area contributed by atoms with Crippen LogP contribution in [0.3, 0.4) is 0 Å². The number of halogens is 1. The number of ether oxygens (including phenoxy) is 1. The van der Waals surface area contributed by atoms with Crippen LogP contribution in [0.2, 0.25) is 25.7 Å². The van der Waals surface area contributed by atoms with Crippen LogP contribution >= 0.6 is 15.9 Å². The molecule has 1 aromatic carbocycles. The molecule has 0 aliphatic carbocycles. The van der Waals surface area contributed by atoms with Crippen LogP contribution in [0.15, 0.2) is 22.8 Å². The molecule has 0 fully saturated rings. The van der Waals surface area contributed by atoms with Gasteiger partial charge in [-0.25, -0.2) is 4.68 Å². The Morgan fingerprint density at radius 2 is 2.05 bits per heavy atom. The van der Waals surface area contributed by atoms with E-state index in [1.54, 1.807) is 0 Å². The number of rotatable bonds is 5. The Kier molecular flexibility index (Phi) is 4.48. The number of hydrogen-bond donors (Lipinski definition) is 0. The zero-order chi connectivity index (χ0) is 14.0. The SMILES string of the molecule is Cc1c(Br)ccc2c1cnn2COCC[Si](C)(C)C. The molecule has 0 unspecified atom stereocenters. The fraction of sp³-hybridized carbons (Fsp3) is 0.500. The van der Waals surface area contributed by atoms with Gasteiger partial charge in [0.1, 0.15) is 6.73 Å². The van der Waals surface area contributed by atoms with Crippen LogP contribution in [0, 0.1) is 6.92 Å². The summed E-state index contributed by atoms with van der Waals surface area (Å²) in [4.78, 5) is 0. The molecule has 2 aromatic rings. The van der Waals surface area contributed by atoms with Gasteiger partial charge >= 0.3 is 0 Å². The monoisotopic (exact) mass is 340 g/mol. The van der Waals surface area contributed by atoms with Gasteiger partial charge in [-0.1, -0.05) is 35.6 Å². The Morgan fingerprint density at radius 1 is 1.32 bits per heavy atom. The highest BCUT2D eigenvalue weighted by atomic mass is 79.9. The Bertz CT molecular complexity index is 575. The molecule has 104 valence electrons. The van der Waals surface area contributed by atoms with E-state index in [1.807, 2.05) is 10.9 Å². The van der Waals surface area contributed by atoms with E-state index in [-0.39, 0.29) is 0 Å². The highest BCUT2D eigenvalue weighted by Gasteiger charge is 2.12. The Labute approximate surface area is 124 Å². The molecule has 0 aliphatic rings. The molecule has 1 heterocycles. The number of benzene rings is 1. The van der Waals surface area contributed by atoms with Crippen LogP contribution in [0.5, 0.6) is 0 Å². The van der Waals surface area contributed by atoms with Gasteiger partial charge in [-0.15, -0.1) is 0 Å². The van der Waals surface area contributed by atoms with E-state index >= 15 is 0 Å². The first kappa shape index (κ1) is 14.7. The van der Waals surface area contributed by atoms with Crippen LogP contribution in [-0.4, -0.2) is 24.5 Å². The average molecular weight is 341 g/mol. The van der Waals surface area contributed by atoms with Crippen molar-refractivity contribution in [3.63, 3.8) is 0 Å². The molecule has 0 spiro atoms. The molecule has 0 amide bonds. The summed E-state index contributed by atoms with van der Waals surface area (Å²) in [5, 5.41) is 5.60. The van der Waals surface area contributed by atoms with Crippen molar-refractivity contribution >= 4 is 34.9 Å². The fourth-order valence-electron chi connectivity index (χ4n) is 1.90. The van der Waals surface area contributed by atoms with Crippen molar-refractivity contribution in [1.29, 1.82) is 0 Å². The van der Waals surface area contributed by atoms with Crippen LogP contribution in [-0.2, 0) is 11.5 Å². The summed E-state index contributed by atoms with van der Waals surface area (Å²) in [6, 6.07) is 5.34. The summed E-state index contributed by atoms with van der Waals surface area (Å²) in [5.74, 6) is 0. The van der Waals surface area contributed by atoms with Crippen molar-refractivity contribution in [2.45, 2.75) is 39.3 Å². The molecule has 0 saturated heterocycles. The minimum atomic E-state index is -1.01.